The van der Waals surface area contributed by atoms with Crippen molar-refractivity contribution in [3.8, 4) is 5.75 Å². The lowest BCUT2D eigenvalue weighted by atomic mass is 10.2. The topological polar surface area (TPSA) is 36.4 Å². The van der Waals surface area contributed by atoms with Gasteiger partial charge in [-0.3, -0.25) is 0 Å². The van der Waals surface area contributed by atoms with Crippen LogP contribution >= 0.6 is 11.3 Å². The molecule has 1 N–H and O–H groups in total. The molecule has 0 radical (unpaired) electrons. The summed E-state index contributed by atoms with van der Waals surface area (Å²) in [5, 5.41) is 11.6. The highest BCUT2D eigenvalue weighted by Gasteiger charge is 2.17. The second kappa shape index (κ2) is 4.46. The van der Waals surface area contributed by atoms with Crippen LogP contribution in [0.2, 0.25) is 0 Å². The number of nitrogens with zero attached hydrogens (tertiary/aromatic N) is 2. The molecule has 1 fully saturated rings. The maximum absolute atomic E-state index is 9.76. The third-order valence-corrected chi connectivity index (χ3v) is 4.17. The summed E-state index contributed by atoms with van der Waals surface area (Å²) in [5.74, 6) is 0.288. The first-order valence-electron chi connectivity index (χ1n) is 5.94. The van der Waals surface area contributed by atoms with Crippen molar-refractivity contribution in [1.29, 1.82) is 0 Å². The zero-order valence-corrected chi connectivity index (χ0v) is 10.8. The molecular formula is C14H14N2OS. The zero-order valence-electron chi connectivity index (χ0n) is 9.97. The van der Waals surface area contributed by atoms with E-state index < -0.39 is 0 Å². The van der Waals surface area contributed by atoms with E-state index >= 15 is 0 Å². The van der Waals surface area contributed by atoms with Gasteiger partial charge in [0, 0.05) is 18.7 Å². The van der Waals surface area contributed by atoms with Gasteiger partial charge >= 0.3 is 0 Å². The lowest BCUT2D eigenvalue weighted by molar-refractivity contribution is 0.474. The van der Waals surface area contributed by atoms with Gasteiger partial charge in [-0.25, -0.2) is 4.98 Å². The Labute approximate surface area is 109 Å². The standard InChI is InChI=1S/C14H14N2OS/c1-10-13(9-11-5-2-3-6-12(11)17)18-14(15-10)16-7-4-8-16/h2-3,5-6,9,17H,1,4,7-8H2/b13-9-. The van der Waals surface area contributed by atoms with E-state index in [0.29, 0.717) is 0 Å². The molecule has 2 heterocycles. The Balaban J connectivity index is 2.04. The van der Waals surface area contributed by atoms with Crippen molar-refractivity contribution in [2.45, 2.75) is 6.42 Å². The zero-order chi connectivity index (χ0) is 12.5. The van der Waals surface area contributed by atoms with Gasteiger partial charge in [-0.2, -0.15) is 0 Å². The Hall–Kier alpha value is -1.81. The average molecular weight is 258 g/mol. The van der Waals surface area contributed by atoms with Gasteiger partial charge in [0.05, 0.1) is 9.88 Å². The lowest BCUT2D eigenvalue weighted by Gasteiger charge is -2.30. The van der Waals surface area contributed by atoms with E-state index in [1.807, 2.05) is 24.3 Å². The van der Waals surface area contributed by atoms with Crippen molar-refractivity contribution in [1.82, 2.24) is 4.98 Å². The van der Waals surface area contributed by atoms with Crippen LogP contribution in [0.1, 0.15) is 12.0 Å². The van der Waals surface area contributed by atoms with Crippen molar-refractivity contribution >= 4 is 29.1 Å². The van der Waals surface area contributed by atoms with Crippen LogP contribution in [0, 0.1) is 0 Å². The number of rotatable bonds is 2. The minimum absolute atomic E-state index is 0.288. The number of aromatic nitrogens is 1. The summed E-state index contributed by atoms with van der Waals surface area (Å²) in [6.45, 7) is 6.14. The van der Waals surface area contributed by atoms with E-state index in [0.717, 1.165) is 33.7 Å². The Morgan fingerprint density at radius 1 is 1.33 bits per heavy atom. The summed E-state index contributed by atoms with van der Waals surface area (Å²) in [5.41, 5.74) is 0.807. The molecule has 1 aromatic carbocycles. The van der Waals surface area contributed by atoms with Crippen LogP contribution in [-0.4, -0.2) is 23.2 Å². The maximum Gasteiger partial charge on any atom is 0.186 e. The van der Waals surface area contributed by atoms with Crippen molar-refractivity contribution in [2.24, 2.45) is 0 Å². The molecule has 0 spiro atoms. The van der Waals surface area contributed by atoms with Gasteiger partial charge in [-0.05, 0) is 18.6 Å². The molecule has 2 aromatic rings. The first-order valence-corrected chi connectivity index (χ1v) is 6.76. The summed E-state index contributed by atoms with van der Waals surface area (Å²) in [7, 11) is 0. The smallest absolute Gasteiger partial charge is 0.186 e. The van der Waals surface area contributed by atoms with E-state index in [-0.39, 0.29) is 5.75 Å². The number of phenols is 1. The summed E-state index contributed by atoms with van der Waals surface area (Å²) in [4.78, 5) is 6.73. The molecule has 1 aliphatic rings. The first kappa shape index (κ1) is 11.3. The second-order valence-corrected chi connectivity index (χ2v) is 5.36. The number of hydrogen-bond acceptors (Lipinski definition) is 4. The largest absolute Gasteiger partial charge is 0.507 e. The van der Waals surface area contributed by atoms with Gasteiger partial charge in [0.2, 0.25) is 0 Å². The molecule has 4 heteroatoms. The van der Waals surface area contributed by atoms with Crippen LogP contribution in [0.25, 0.3) is 12.7 Å². The first-order chi connectivity index (χ1) is 8.74. The molecule has 18 heavy (non-hydrogen) atoms. The molecule has 0 aliphatic carbocycles. The molecular weight excluding hydrogens is 244 g/mol. The predicted octanol–water partition coefficient (Wildman–Crippen LogP) is 1.30. The molecule has 0 saturated carbocycles. The highest BCUT2D eigenvalue weighted by atomic mass is 32.1. The van der Waals surface area contributed by atoms with Crippen LogP contribution < -0.4 is 14.8 Å². The molecule has 0 unspecified atom stereocenters. The number of phenolic OH excluding ortho intramolecular Hbond substituents is 1. The number of aromatic hydroxyl groups is 1. The fourth-order valence-corrected chi connectivity index (χ4v) is 2.87. The number of benzene rings is 1. The molecule has 0 bridgehead atoms. The van der Waals surface area contributed by atoms with Crippen LogP contribution in [0.15, 0.2) is 24.3 Å². The highest BCUT2D eigenvalue weighted by molar-refractivity contribution is 7.13. The summed E-state index contributed by atoms with van der Waals surface area (Å²) < 4.78 is 1.01. The van der Waals surface area contributed by atoms with Crippen LogP contribution in [-0.2, 0) is 0 Å². The van der Waals surface area contributed by atoms with E-state index in [4.69, 9.17) is 0 Å². The number of thiazole rings is 1. The molecule has 3 nitrogen and oxygen atoms in total. The number of anilines is 1. The third-order valence-electron chi connectivity index (χ3n) is 3.07. The minimum atomic E-state index is 0.288. The predicted molar refractivity (Wildman–Crippen MR) is 75.4 cm³/mol. The average Bonchev–Trinajstić information content (AvgIpc) is 2.61. The summed E-state index contributed by atoms with van der Waals surface area (Å²) in [6.07, 6.45) is 3.18. The second-order valence-electron chi connectivity index (χ2n) is 4.35. The highest BCUT2D eigenvalue weighted by Crippen LogP contribution is 2.20. The van der Waals surface area contributed by atoms with Crippen molar-refractivity contribution in [3.63, 3.8) is 0 Å². The Morgan fingerprint density at radius 3 is 2.78 bits per heavy atom. The Kier molecular flexibility index (Phi) is 2.80. The normalized spacial score (nSPS) is 15.8. The molecule has 1 aromatic heterocycles. The summed E-state index contributed by atoms with van der Waals surface area (Å²) in [6, 6.07) is 7.30. The number of hydrogen-bond donors (Lipinski definition) is 1. The van der Waals surface area contributed by atoms with Gasteiger partial charge in [0.15, 0.2) is 5.13 Å². The molecule has 0 atom stereocenters. The molecule has 0 amide bonds. The van der Waals surface area contributed by atoms with Crippen LogP contribution in [0.5, 0.6) is 5.75 Å². The number of para-hydroxylation sites is 1. The quantitative estimate of drug-likeness (QED) is 0.882. The van der Waals surface area contributed by atoms with Crippen molar-refractivity contribution in [3.05, 3.63) is 39.7 Å². The van der Waals surface area contributed by atoms with Gasteiger partial charge in [0.25, 0.3) is 0 Å². The van der Waals surface area contributed by atoms with Crippen molar-refractivity contribution in [2.75, 3.05) is 18.0 Å². The third kappa shape index (κ3) is 1.99. The van der Waals surface area contributed by atoms with E-state index in [1.165, 1.54) is 6.42 Å². The molecule has 3 rings (SSSR count). The molecule has 1 aliphatic heterocycles. The van der Waals surface area contributed by atoms with Gasteiger partial charge in [-0.15, -0.1) is 0 Å². The van der Waals surface area contributed by atoms with E-state index in [2.05, 4.69) is 16.5 Å². The molecule has 92 valence electrons. The van der Waals surface area contributed by atoms with Gasteiger partial charge in [-0.1, -0.05) is 36.1 Å². The SMILES string of the molecule is C=c1nc(N2CCC2)s/c1=C\c1ccccc1O. The van der Waals surface area contributed by atoms with E-state index in [1.54, 1.807) is 17.4 Å². The van der Waals surface area contributed by atoms with Crippen molar-refractivity contribution < 1.29 is 5.11 Å². The van der Waals surface area contributed by atoms with E-state index in [9.17, 15) is 5.11 Å². The lowest BCUT2D eigenvalue weighted by Crippen LogP contribution is -2.37. The monoisotopic (exact) mass is 258 g/mol. The van der Waals surface area contributed by atoms with Crippen LogP contribution in [0.3, 0.4) is 0 Å². The van der Waals surface area contributed by atoms with Gasteiger partial charge < -0.3 is 10.0 Å². The Morgan fingerprint density at radius 2 is 2.11 bits per heavy atom. The van der Waals surface area contributed by atoms with Gasteiger partial charge in [0.1, 0.15) is 5.75 Å². The minimum Gasteiger partial charge on any atom is -0.507 e. The fraction of sp³-hybridized carbons (Fsp3) is 0.214. The molecule has 1 saturated heterocycles. The summed E-state index contributed by atoms with van der Waals surface area (Å²) >= 11 is 1.63. The fourth-order valence-electron chi connectivity index (χ4n) is 1.86. The van der Waals surface area contributed by atoms with Crippen LogP contribution in [0.4, 0.5) is 5.13 Å². The maximum atomic E-state index is 9.76. The Bertz CT molecular complexity index is 673.